The van der Waals surface area contributed by atoms with E-state index in [9.17, 15) is 14.4 Å². The molecule has 0 atom stereocenters. The smallest absolute Gasteiger partial charge is 0.272 e. The molecule has 0 spiro atoms. The molecule has 7 nitrogen and oxygen atoms in total. The maximum absolute atomic E-state index is 13.1. The normalized spacial score (nSPS) is 10.9. The molecule has 0 unspecified atom stereocenters. The van der Waals surface area contributed by atoms with Crippen LogP contribution in [0.15, 0.2) is 114 Å². The largest absolute Gasteiger partial charge is 0.325 e. The molecule has 3 amide bonds. The lowest BCUT2D eigenvalue weighted by atomic mass is 10.2. The van der Waals surface area contributed by atoms with Crippen LogP contribution in [0.3, 0.4) is 0 Å². The molecule has 0 saturated carbocycles. The number of thioether (sulfide) groups is 1. The summed E-state index contributed by atoms with van der Waals surface area (Å²) in [6.45, 7) is 1.99. The maximum atomic E-state index is 13.1. The fraction of sp³-hybridized carbons (Fsp3) is 0.0667. The summed E-state index contributed by atoms with van der Waals surface area (Å²) in [5.74, 6) is -0.721. The zero-order chi connectivity index (χ0) is 26.7. The highest BCUT2D eigenvalue weighted by Gasteiger charge is 2.15. The van der Waals surface area contributed by atoms with E-state index in [1.807, 2.05) is 49.4 Å². The average Bonchev–Trinajstić information content (AvgIpc) is 2.94. The molecule has 0 bridgehead atoms. The van der Waals surface area contributed by atoms with E-state index >= 15 is 0 Å². The van der Waals surface area contributed by atoms with Crippen molar-refractivity contribution in [1.29, 1.82) is 0 Å². The van der Waals surface area contributed by atoms with Crippen molar-refractivity contribution in [3.05, 3.63) is 126 Å². The second kappa shape index (κ2) is 13.0. The molecule has 3 N–H and O–H groups in total. The second-order valence-electron chi connectivity index (χ2n) is 8.35. The fourth-order valence-corrected chi connectivity index (χ4v) is 4.08. The minimum atomic E-state index is -0.476. The molecule has 8 heteroatoms. The van der Waals surface area contributed by atoms with Gasteiger partial charge in [0.05, 0.1) is 5.75 Å². The van der Waals surface area contributed by atoms with Gasteiger partial charge < -0.3 is 16.0 Å². The van der Waals surface area contributed by atoms with Crippen molar-refractivity contribution >= 4 is 46.9 Å². The molecule has 0 radical (unpaired) electrons. The van der Waals surface area contributed by atoms with E-state index in [-0.39, 0.29) is 17.4 Å². The minimum Gasteiger partial charge on any atom is -0.325 e. The SMILES string of the molecule is Cc1ccc(NC(=O)CSc2ccc(NC(=O)/C(=C/c3cccnc3)NC(=O)c3ccccc3)cc2)cc1. The number of rotatable bonds is 9. The number of amides is 3. The number of hydrogen-bond acceptors (Lipinski definition) is 5. The van der Waals surface area contributed by atoms with Crippen LogP contribution in [-0.4, -0.2) is 28.5 Å². The highest BCUT2D eigenvalue weighted by atomic mass is 32.2. The first-order valence-corrected chi connectivity index (χ1v) is 12.8. The van der Waals surface area contributed by atoms with Gasteiger partial charge in [0, 0.05) is 34.2 Å². The number of aromatic nitrogens is 1. The molecule has 38 heavy (non-hydrogen) atoms. The Hall–Kier alpha value is -4.69. The third-order valence-electron chi connectivity index (χ3n) is 5.34. The lowest BCUT2D eigenvalue weighted by molar-refractivity contribution is -0.114. The number of carbonyl (C=O) groups is 3. The molecule has 0 aliphatic heterocycles. The molecule has 4 rings (SSSR count). The summed E-state index contributed by atoms with van der Waals surface area (Å²) in [6, 6.07) is 27.0. The second-order valence-corrected chi connectivity index (χ2v) is 9.39. The van der Waals surface area contributed by atoms with E-state index in [4.69, 9.17) is 0 Å². The monoisotopic (exact) mass is 522 g/mol. The van der Waals surface area contributed by atoms with Gasteiger partial charge in [0.25, 0.3) is 11.8 Å². The van der Waals surface area contributed by atoms with Crippen LogP contribution in [0.1, 0.15) is 21.5 Å². The van der Waals surface area contributed by atoms with Gasteiger partial charge in [-0.3, -0.25) is 19.4 Å². The average molecular weight is 523 g/mol. The van der Waals surface area contributed by atoms with Crippen LogP contribution in [-0.2, 0) is 9.59 Å². The number of anilines is 2. The van der Waals surface area contributed by atoms with Crippen LogP contribution in [0.5, 0.6) is 0 Å². The molecule has 0 aliphatic rings. The van der Waals surface area contributed by atoms with Gasteiger partial charge in [0.1, 0.15) is 5.70 Å². The Morgan fingerprint density at radius 3 is 2.18 bits per heavy atom. The zero-order valence-corrected chi connectivity index (χ0v) is 21.5. The molecule has 0 aliphatic carbocycles. The Morgan fingerprint density at radius 2 is 1.50 bits per heavy atom. The van der Waals surface area contributed by atoms with Crippen molar-refractivity contribution < 1.29 is 14.4 Å². The molecule has 3 aromatic carbocycles. The van der Waals surface area contributed by atoms with Crippen molar-refractivity contribution in [3.8, 4) is 0 Å². The number of hydrogen-bond donors (Lipinski definition) is 3. The van der Waals surface area contributed by atoms with Gasteiger partial charge in [-0.1, -0.05) is 42.0 Å². The number of nitrogens with one attached hydrogen (secondary N) is 3. The molecule has 4 aromatic rings. The lowest BCUT2D eigenvalue weighted by Gasteiger charge is -2.12. The van der Waals surface area contributed by atoms with Crippen LogP contribution < -0.4 is 16.0 Å². The Morgan fingerprint density at radius 1 is 0.816 bits per heavy atom. The molecule has 190 valence electrons. The lowest BCUT2D eigenvalue weighted by Crippen LogP contribution is -2.30. The van der Waals surface area contributed by atoms with Crippen LogP contribution in [0.4, 0.5) is 11.4 Å². The summed E-state index contributed by atoms with van der Waals surface area (Å²) in [6.07, 6.45) is 4.80. The first kappa shape index (κ1) is 26.4. The standard InChI is InChI=1S/C30H26N4O3S/c1-21-9-11-24(12-10-21)32-28(35)20-38-26-15-13-25(14-16-26)33-30(37)27(18-22-6-5-17-31-19-22)34-29(36)23-7-3-2-4-8-23/h2-19H,20H2,1H3,(H,32,35)(H,33,37)(H,34,36)/b27-18-. The van der Waals surface area contributed by atoms with Crippen LogP contribution in [0.2, 0.25) is 0 Å². The predicted octanol–water partition coefficient (Wildman–Crippen LogP) is 5.53. The third-order valence-corrected chi connectivity index (χ3v) is 6.35. The van der Waals surface area contributed by atoms with Crippen LogP contribution in [0, 0.1) is 6.92 Å². The molecular formula is C30H26N4O3S. The summed E-state index contributed by atoms with van der Waals surface area (Å²) >= 11 is 1.39. The predicted molar refractivity (Wildman–Crippen MR) is 152 cm³/mol. The van der Waals surface area contributed by atoms with E-state index < -0.39 is 11.8 Å². The van der Waals surface area contributed by atoms with Gasteiger partial charge in [-0.2, -0.15) is 0 Å². The van der Waals surface area contributed by atoms with Crippen molar-refractivity contribution in [1.82, 2.24) is 10.3 Å². The van der Waals surface area contributed by atoms with Gasteiger partial charge in [-0.25, -0.2) is 0 Å². The fourth-order valence-electron chi connectivity index (χ4n) is 3.39. The Balaban J connectivity index is 1.38. The third kappa shape index (κ3) is 7.91. The number of benzene rings is 3. The summed E-state index contributed by atoms with van der Waals surface area (Å²) in [7, 11) is 0. The van der Waals surface area contributed by atoms with Crippen molar-refractivity contribution in [2.75, 3.05) is 16.4 Å². The number of pyridine rings is 1. The quantitative estimate of drug-likeness (QED) is 0.198. The van der Waals surface area contributed by atoms with Crippen molar-refractivity contribution in [2.24, 2.45) is 0 Å². The summed E-state index contributed by atoms with van der Waals surface area (Å²) in [4.78, 5) is 43.0. The van der Waals surface area contributed by atoms with Gasteiger partial charge in [0.15, 0.2) is 0 Å². The van der Waals surface area contributed by atoms with Crippen LogP contribution >= 0.6 is 11.8 Å². The molecule has 0 fully saturated rings. The van der Waals surface area contributed by atoms with E-state index in [1.54, 1.807) is 67.0 Å². The minimum absolute atomic E-state index is 0.0816. The highest BCUT2D eigenvalue weighted by Crippen LogP contribution is 2.21. The topological polar surface area (TPSA) is 100 Å². The van der Waals surface area contributed by atoms with Gasteiger partial charge >= 0.3 is 0 Å². The van der Waals surface area contributed by atoms with E-state index in [1.165, 1.54) is 11.8 Å². The molecule has 0 saturated heterocycles. The van der Waals surface area contributed by atoms with Gasteiger partial charge in [0.2, 0.25) is 5.91 Å². The molecular weight excluding hydrogens is 496 g/mol. The summed E-state index contributed by atoms with van der Waals surface area (Å²) in [5, 5.41) is 8.39. The summed E-state index contributed by atoms with van der Waals surface area (Å²) < 4.78 is 0. The highest BCUT2D eigenvalue weighted by molar-refractivity contribution is 8.00. The molecule has 1 aromatic heterocycles. The summed E-state index contributed by atoms with van der Waals surface area (Å²) in [5.41, 5.74) is 3.62. The first-order valence-electron chi connectivity index (χ1n) is 11.8. The Kier molecular flexibility index (Phi) is 9.04. The van der Waals surface area contributed by atoms with E-state index in [0.29, 0.717) is 16.8 Å². The van der Waals surface area contributed by atoms with Crippen LogP contribution in [0.25, 0.3) is 6.08 Å². The van der Waals surface area contributed by atoms with E-state index in [2.05, 4.69) is 20.9 Å². The van der Waals surface area contributed by atoms with Gasteiger partial charge in [-0.05, 0) is 73.2 Å². The first-order chi connectivity index (χ1) is 18.5. The Labute approximate surface area is 225 Å². The van der Waals surface area contributed by atoms with Crippen molar-refractivity contribution in [2.45, 2.75) is 11.8 Å². The number of nitrogens with zero attached hydrogens (tertiary/aromatic N) is 1. The number of aryl methyl sites for hydroxylation is 1. The Bertz CT molecular complexity index is 1420. The zero-order valence-electron chi connectivity index (χ0n) is 20.7. The van der Waals surface area contributed by atoms with Crippen molar-refractivity contribution in [3.63, 3.8) is 0 Å². The molecule has 1 heterocycles. The maximum Gasteiger partial charge on any atom is 0.272 e. The van der Waals surface area contributed by atoms with Gasteiger partial charge in [-0.15, -0.1) is 11.8 Å². The number of carbonyl (C=O) groups excluding carboxylic acids is 3. The van der Waals surface area contributed by atoms with E-state index in [0.717, 1.165) is 16.1 Å².